The number of hydrogen-bond donors (Lipinski definition) is 1. The standard InChI is InChI=1S/C20H27NO/c1-3-17(2)20(16-18-10-6-4-7-11-18)21(14-15-22)19-12-8-5-9-13-19/h4-13,17,20,22H,3,14-16H2,1-2H3. The van der Waals surface area contributed by atoms with Crippen molar-refractivity contribution in [1.29, 1.82) is 0 Å². The molecule has 0 aliphatic rings. The molecule has 2 heteroatoms. The summed E-state index contributed by atoms with van der Waals surface area (Å²) in [5.74, 6) is 0.562. The quantitative estimate of drug-likeness (QED) is 0.791. The van der Waals surface area contributed by atoms with Gasteiger partial charge in [0.05, 0.1) is 6.61 Å². The highest BCUT2D eigenvalue weighted by molar-refractivity contribution is 5.47. The number of nitrogens with zero attached hydrogens (tertiary/aromatic N) is 1. The summed E-state index contributed by atoms with van der Waals surface area (Å²) < 4.78 is 0. The number of hydrogen-bond acceptors (Lipinski definition) is 2. The third-order valence-electron chi connectivity index (χ3n) is 4.42. The Balaban J connectivity index is 2.28. The topological polar surface area (TPSA) is 23.5 Å². The Morgan fingerprint density at radius 2 is 1.55 bits per heavy atom. The van der Waals surface area contributed by atoms with Gasteiger partial charge >= 0.3 is 0 Å². The first-order valence-electron chi connectivity index (χ1n) is 8.22. The van der Waals surface area contributed by atoms with Crippen LogP contribution in [-0.2, 0) is 6.42 Å². The van der Waals surface area contributed by atoms with Crippen LogP contribution in [0.1, 0.15) is 25.8 Å². The van der Waals surface area contributed by atoms with Gasteiger partial charge in [-0.25, -0.2) is 0 Å². The zero-order valence-corrected chi connectivity index (χ0v) is 13.7. The van der Waals surface area contributed by atoms with E-state index < -0.39 is 0 Å². The van der Waals surface area contributed by atoms with Crippen molar-refractivity contribution in [3.05, 3.63) is 66.2 Å². The van der Waals surface area contributed by atoms with Crippen LogP contribution < -0.4 is 4.90 Å². The minimum absolute atomic E-state index is 0.177. The molecule has 0 heterocycles. The molecule has 0 saturated carbocycles. The molecule has 0 amide bonds. The molecule has 0 aromatic heterocycles. The van der Waals surface area contributed by atoms with E-state index in [1.165, 1.54) is 11.3 Å². The van der Waals surface area contributed by atoms with Crippen molar-refractivity contribution in [2.24, 2.45) is 5.92 Å². The monoisotopic (exact) mass is 297 g/mol. The van der Waals surface area contributed by atoms with Gasteiger partial charge in [0.2, 0.25) is 0 Å². The summed E-state index contributed by atoms with van der Waals surface area (Å²) in [6, 6.07) is 21.5. The average Bonchev–Trinajstić information content (AvgIpc) is 2.59. The van der Waals surface area contributed by atoms with Gasteiger partial charge in [-0.15, -0.1) is 0 Å². The second-order valence-corrected chi connectivity index (χ2v) is 5.90. The molecule has 0 saturated heterocycles. The number of benzene rings is 2. The Bertz CT molecular complexity index is 526. The minimum Gasteiger partial charge on any atom is -0.395 e. The van der Waals surface area contributed by atoms with Crippen molar-refractivity contribution in [3.8, 4) is 0 Å². The first-order chi connectivity index (χ1) is 10.8. The van der Waals surface area contributed by atoms with E-state index in [4.69, 9.17) is 0 Å². The lowest BCUT2D eigenvalue weighted by molar-refractivity contribution is 0.288. The predicted molar refractivity (Wildman–Crippen MR) is 94.3 cm³/mol. The maximum Gasteiger partial charge on any atom is 0.0606 e. The van der Waals surface area contributed by atoms with Crippen LogP contribution in [0.5, 0.6) is 0 Å². The summed E-state index contributed by atoms with van der Waals surface area (Å²) in [6.45, 7) is 5.40. The molecule has 1 N–H and O–H groups in total. The second-order valence-electron chi connectivity index (χ2n) is 5.90. The molecular weight excluding hydrogens is 270 g/mol. The summed E-state index contributed by atoms with van der Waals surface area (Å²) >= 11 is 0. The second kappa shape index (κ2) is 8.60. The molecule has 2 aromatic rings. The van der Waals surface area contributed by atoms with Crippen molar-refractivity contribution in [3.63, 3.8) is 0 Å². The zero-order chi connectivity index (χ0) is 15.8. The van der Waals surface area contributed by atoms with Gasteiger partial charge in [-0.1, -0.05) is 68.8 Å². The fourth-order valence-electron chi connectivity index (χ4n) is 2.96. The van der Waals surface area contributed by atoms with Crippen molar-refractivity contribution in [1.82, 2.24) is 0 Å². The third kappa shape index (κ3) is 4.35. The van der Waals surface area contributed by atoms with Crippen molar-refractivity contribution < 1.29 is 5.11 Å². The molecule has 2 atom stereocenters. The maximum atomic E-state index is 9.53. The van der Waals surface area contributed by atoms with Gasteiger partial charge in [-0.05, 0) is 30.0 Å². The van der Waals surface area contributed by atoms with Crippen molar-refractivity contribution >= 4 is 5.69 Å². The Morgan fingerprint density at radius 1 is 0.955 bits per heavy atom. The highest BCUT2D eigenvalue weighted by Crippen LogP contribution is 2.25. The average molecular weight is 297 g/mol. The zero-order valence-electron chi connectivity index (χ0n) is 13.7. The largest absolute Gasteiger partial charge is 0.395 e. The smallest absolute Gasteiger partial charge is 0.0606 e. The fraction of sp³-hybridized carbons (Fsp3) is 0.400. The Morgan fingerprint density at radius 3 is 2.09 bits per heavy atom. The molecule has 0 bridgehead atoms. The van der Waals surface area contributed by atoms with Gasteiger partial charge in [0.1, 0.15) is 0 Å². The van der Waals surface area contributed by atoms with Gasteiger partial charge in [0.25, 0.3) is 0 Å². The fourth-order valence-corrected chi connectivity index (χ4v) is 2.96. The first-order valence-corrected chi connectivity index (χ1v) is 8.22. The first kappa shape index (κ1) is 16.6. The summed E-state index contributed by atoms with van der Waals surface area (Å²) in [6.07, 6.45) is 2.14. The minimum atomic E-state index is 0.177. The van der Waals surface area contributed by atoms with E-state index >= 15 is 0 Å². The van der Waals surface area contributed by atoms with Crippen LogP contribution in [0.3, 0.4) is 0 Å². The summed E-state index contributed by atoms with van der Waals surface area (Å²) in [5.41, 5.74) is 2.55. The van der Waals surface area contributed by atoms with E-state index in [-0.39, 0.29) is 6.61 Å². The number of rotatable bonds is 8. The maximum absolute atomic E-state index is 9.53. The van der Waals surface area contributed by atoms with Crippen LogP contribution in [0, 0.1) is 5.92 Å². The molecule has 0 fully saturated rings. The molecule has 22 heavy (non-hydrogen) atoms. The highest BCUT2D eigenvalue weighted by atomic mass is 16.3. The Hall–Kier alpha value is -1.80. The molecule has 118 valence electrons. The lowest BCUT2D eigenvalue weighted by Gasteiger charge is -2.37. The van der Waals surface area contributed by atoms with Gasteiger partial charge in [-0.2, -0.15) is 0 Å². The van der Waals surface area contributed by atoms with Crippen molar-refractivity contribution in [2.45, 2.75) is 32.7 Å². The van der Waals surface area contributed by atoms with Crippen molar-refractivity contribution in [2.75, 3.05) is 18.1 Å². The van der Waals surface area contributed by atoms with Gasteiger partial charge in [0.15, 0.2) is 0 Å². The highest BCUT2D eigenvalue weighted by Gasteiger charge is 2.23. The summed E-state index contributed by atoms with van der Waals surface area (Å²) in [7, 11) is 0. The summed E-state index contributed by atoms with van der Waals surface area (Å²) in [4.78, 5) is 2.36. The molecule has 2 nitrogen and oxygen atoms in total. The van der Waals surface area contributed by atoms with Crippen LogP contribution >= 0.6 is 0 Å². The SMILES string of the molecule is CCC(C)C(Cc1ccccc1)N(CCO)c1ccccc1. The Labute approximate surface area is 134 Å². The Kier molecular flexibility index (Phi) is 6.47. The van der Waals surface area contributed by atoms with Crippen LogP contribution in [0.4, 0.5) is 5.69 Å². The molecule has 0 aliphatic carbocycles. The van der Waals surface area contributed by atoms with E-state index in [1.54, 1.807) is 0 Å². The van der Waals surface area contributed by atoms with E-state index in [0.717, 1.165) is 12.8 Å². The molecule has 0 radical (unpaired) electrons. The molecule has 0 spiro atoms. The number of aliphatic hydroxyl groups is 1. The van der Waals surface area contributed by atoms with Gasteiger partial charge < -0.3 is 10.0 Å². The number of para-hydroxylation sites is 1. The molecule has 2 unspecified atom stereocenters. The lowest BCUT2D eigenvalue weighted by atomic mass is 9.91. The van der Waals surface area contributed by atoms with Gasteiger partial charge in [0, 0.05) is 18.3 Å². The van der Waals surface area contributed by atoms with E-state index in [0.29, 0.717) is 18.5 Å². The normalized spacial score (nSPS) is 13.6. The van der Waals surface area contributed by atoms with Crippen LogP contribution in [0.15, 0.2) is 60.7 Å². The number of anilines is 1. The van der Waals surface area contributed by atoms with Gasteiger partial charge in [-0.3, -0.25) is 0 Å². The lowest BCUT2D eigenvalue weighted by Crippen LogP contribution is -2.43. The van der Waals surface area contributed by atoms with Crippen LogP contribution in [-0.4, -0.2) is 24.3 Å². The molecule has 2 aromatic carbocycles. The number of aliphatic hydroxyl groups excluding tert-OH is 1. The molecule has 2 rings (SSSR count). The predicted octanol–water partition coefficient (Wildman–Crippen LogP) is 4.14. The van der Waals surface area contributed by atoms with E-state index in [9.17, 15) is 5.11 Å². The van der Waals surface area contributed by atoms with Crippen LogP contribution in [0.2, 0.25) is 0 Å². The van der Waals surface area contributed by atoms with Crippen LogP contribution in [0.25, 0.3) is 0 Å². The molecular formula is C20H27NO. The molecule has 0 aliphatic heterocycles. The van der Waals surface area contributed by atoms with E-state index in [2.05, 4.69) is 73.3 Å². The summed E-state index contributed by atoms with van der Waals surface area (Å²) in [5, 5.41) is 9.53. The third-order valence-corrected chi connectivity index (χ3v) is 4.42. The van der Waals surface area contributed by atoms with E-state index in [1.807, 2.05) is 6.07 Å².